The van der Waals surface area contributed by atoms with Crippen LogP contribution in [0.4, 0.5) is 0 Å². The number of carbonyl (C=O) groups is 1. The van der Waals surface area contributed by atoms with Gasteiger partial charge in [0.25, 0.3) is 5.91 Å². The molecule has 0 atom stereocenters. The van der Waals surface area contributed by atoms with Gasteiger partial charge in [-0.15, -0.1) is 0 Å². The van der Waals surface area contributed by atoms with Crippen molar-refractivity contribution < 1.29 is 4.79 Å². The first-order chi connectivity index (χ1) is 9.69. The quantitative estimate of drug-likeness (QED) is 0.721. The van der Waals surface area contributed by atoms with Gasteiger partial charge in [-0.25, -0.2) is 0 Å². The van der Waals surface area contributed by atoms with Crippen LogP contribution < -0.4 is 0 Å². The SMILES string of the molecule is CCCCN(CCCC)C(=O)C#Cc1ccccc1C. The van der Waals surface area contributed by atoms with Gasteiger partial charge in [-0.05, 0) is 31.4 Å². The minimum absolute atomic E-state index is 0.0462. The molecule has 0 fully saturated rings. The number of unbranched alkanes of at least 4 members (excludes halogenated alkanes) is 2. The number of benzene rings is 1. The zero-order valence-corrected chi connectivity index (χ0v) is 12.9. The third-order valence-electron chi connectivity index (χ3n) is 3.30. The zero-order valence-electron chi connectivity index (χ0n) is 12.9. The van der Waals surface area contributed by atoms with E-state index in [2.05, 4.69) is 25.7 Å². The molecule has 0 saturated carbocycles. The summed E-state index contributed by atoms with van der Waals surface area (Å²) in [5, 5.41) is 0. The normalized spacial score (nSPS) is 9.75. The van der Waals surface area contributed by atoms with Crippen LogP contribution in [0.15, 0.2) is 24.3 Å². The standard InChI is InChI=1S/C18H25NO/c1-4-6-14-19(15-7-5-2)18(20)13-12-17-11-9-8-10-16(17)3/h8-11H,4-7,14-15H2,1-3H3. The second-order valence-electron chi connectivity index (χ2n) is 5.06. The maximum absolute atomic E-state index is 12.2. The van der Waals surface area contributed by atoms with Crippen LogP contribution in [0.3, 0.4) is 0 Å². The molecule has 108 valence electrons. The topological polar surface area (TPSA) is 20.3 Å². The molecule has 0 saturated heterocycles. The van der Waals surface area contributed by atoms with Gasteiger partial charge >= 0.3 is 0 Å². The van der Waals surface area contributed by atoms with Gasteiger partial charge in [0.1, 0.15) is 0 Å². The Kier molecular flexibility index (Phi) is 7.50. The molecule has 1 aromatic rings. The monoisotopic (exact) mass is 271 g/mol. The van der Waals surface area contributed by atoms with Gasteiger partial charge in [-0.3, -0.25) is 4.79 Å². The summed E-state index contributed by atoms with van der Waals surface area (Å²) in [6, 6.07) is 7.91. The summed E-state index contributed by atoms with van der Waals surface area (Å²) in [5.41, 5.74) is 2.05. The molecule has 0 heterocycles. The highest BCUT2D eigenvalue weighted by Crippen LogP contribution is 2.05. The molecule has 1 amide bonds. The lowest BCUT2D eigenvalue weighted by molar-refractivity contribution is -0.125. The fourth-order valence-corrected chi connectivity index (χ4v) is 1.93. The van der Waals surface area contributed by atoms with Crippen molar-refractivity contribution in [3.05, 3.63) is 35.4 Å². The maximum atomic E-state index is 12.2. The van der Waals surface area contributed by atoms with Crippen LogP contribution in [0.2, 0.25) is 0 Å². The van der Waals surface area contributed by atoms with E-state index in [1.807, 2.05) is 36.1 Å². The second-order valence-corrected chi connectivity index (χ2v) is 5.06. The number of aryl methyl sites for hydroxylation is 1. The minimum Gasteiger partial charge on any atom is -0.332 e. The van der Waals surface area contributed by atoms with E-state index in [4.69, 9.17) is 0 Å². The van der Waals surface area contributed by atoms with E-state index in [0.717, 1.165) is 49.9 Å². The lowest BCUT2D eigenvalue weighted by Crippen LogP contribution is -2.31. The highest BCUT2D eigenvalue weighted by Gasteiger charge is 2.09. The minimum atomic E-state index is -0.0462. The molecule has 1 rings (SSSR count). The van der Waals surface area contributed by atoms with Gasteiger partial charge in [0, 0.05) is 24.6 Å². The fourth-order valence-electron chi connectivity index (χ4n) is 1.93. The van der Waals surface area contributed by atoms with Crippen molar-refractivity contribution in [2.75, 3.05) is 13.1 Å². The Morgan fingerprint density at radius 1 is 1.10 bits per heavy atom. The van der Waals surface area contributed by atoms with Gasteiger partial charge in [0.05, 0.1) is 0 Å². The van der Waals surface area contributed by atoms with Crippen LogP contribution in [0.25, 0.3) is 0 Å². The van der Waals surface area contributed by atoms with Gasteiger partial charge < -0.3 is 4.90 Å². The molecule has 1 aromatic carbocycles. The average molecular weight is 271 g/mol. The van der Waals surface area contributed by atoms with Crippen LogP contribution in [-0.4, -0.2) is 23.9 Å². The Balaban J connectivity index is 2.72. The van der Waals surface area contributed by atoms with Crippen molar-refractivity contribution in [1.29, 1.82) is 0 Å². The molecule has 2 heteroatoms. The van der Waals surface area contributed by atoms with E-state index < -0.39 is 0 Å². The van der Waals surface area contributed by atoms with Crippen LogP contribution in [0, 0.1) is 18.8 Å². The van der Waals surface area contributed by atoms with Crippen molar-refractivity contribution >= 4 is 5.91 Å². The predicted molar refractivity (Wildman–Crippen MR) is 84.5 cm³/mol. The molecule has 20 heavy (non-hydrogen) atoms. The van der Waals surface area contributed by atoms with E-state index in [0.29, 0.717) is 0 Å². The van der Waals surface area contributed by atoms with Crippen LogP contribution in [0.1, 0.15) is 50.7 Å². The number of hydrogen-bond donors (Lipinski definition) is 0. The molecule has 2 nitrogen and oxygen atoms in total. The van der Waals surface area contributed by atoms with Gasteiger partial charge in [0.2, 0.25) is 0 Å². The molecule has 0 aromatic heterocycles. The van der Waals surface area contributed by atoms with E-state index in [-0.39, 0.29) is 5.91 Å². The van der Waals surface area contributed by atoms with Gasteiger partial charge in [-0.2, -0.15) is 0 Å². The number of amides is 1. The Labute approximate surface area is 123 Å². The molecular formula is C18H25NO. The highest BCUT2D eigenvalue weighted by atomic mass is 16.2. The number of rotatable bonds is 6. The zero-order chi connectivity index (χ0) is 14.8. The number of nitrogens with zero attached hydrogens (tertiary/aromatic N) is 1. The van der Waals surface area contributed by atoms with Crippen LogP contribution in [-0.2, 0) is 4.79 Å². The Hall–Kier alpha value is -1.75. The third kappa shape index (κ3) is 5.48. The molecule has 0 radical (unpaired) electrons. The first kappa shape index (κ1) is 16.3. The summed E-state index contributed by atoms with van der Waals surface area (Å²) in [5.74, 6) is 5.75. The molecule has 0 aliphatic rings. The molecule has 0 N–H and O–H groups in total. The average Bonchev–Trinajstić information content (AvgIpc) is 2.46. The summed E-state index contributed by atoms with van der Waals surface area (Å²) in [6.45, 7) is 7.93. The van der Waals surface area contributed by atoms with Crippen molar-refractivity contribution in [1.82, 2.24) is 4.90 Å². The van der Waals surface area contributed by atoms with Crippen molar-refractivity contribution in [3.8, 4) is 11.8 Å². The third-order valence-corrected chi connectivity index (χ3v) is 3.30. The maximum Gasteiger partial charge on any atom is 0.298 e. The summed E-state index contributed by atoms with van der Waals surface area (Å²) >= 11 is 0. The molecule has 0 aliphatic heterocycles. The first-order valence-electron chi connectivity index (χ1n) is 7.55. The molecular weight excluding hydrogens is 246 g/mol. The van der Waals surface area contributed by atoms with Crippen LogP contribution in [0.5, 0.6) is 0 Å². The fraction of sp³-hybridized carbons (Fsp3) is 0.500. The summed E-state index contributed by atoms with van der Waals surface area (Å²) in [7, 11) is 0. The lowest BCUT2D eigenvalue weighted by atomic mass is 10.1. The number of hydrogen-bond acceptors (Lipinski definition) is 1. The van der Waals surface area contributed by atoms with Crippen molar-refractivity contribution in [2.24, 2.45) is 0 Å². The Bertz CT molecular complexity index is 474. The Morgan fingerprint density at radius 3 is 2.25 bits per heavy atom. The van der Waals surface area contributed by atoms with E-state index in [1.54, 1.807) is 0 Å². The van der Waals surface area contributed by atoms with E-state index in [1.165, 1.54) is 0 Å². The van der Waals surface area contributed by atoms with Crippen molar-refractivity contribution in [3.63, 3.8) is 0 Å². The van der Waals surface area contributed by atoms with Crippen molar-refractivity contribution in [2.45, 2.75) is 46.5 Å². The largest absolute Gasteiger partial charge is 0.332 e. The first-order valence-corrected chi connectivity index (χ1v) is 7.55. The summed E-state index contributed by atoms with van der Waals surface area (Å²) in [4.78, 5) is 14.1. The summed E-state index contributed by atoms with van der Waals surface area (Å²) in [6.07, 6.45) is 4.28. The second kappa shape index (κ2) is 9.20. The predicted octanol–water partition coefficient (Wildman–Crippen LogP) is 3.78. The number of carbonyl (C=O) groups excluding carboxylic acids is 1. The van der Waals surface area contributed by atoms with E-state index in [9.17, 15) is 4.79 Å². The lowest BCUT2D eigenvalue weighted by Gasteiger charge is -2.19. The Morgan fingerprint density at radius 2 is 1.70 bits per heavy atom. The molecule has 0 bridgehead atoms. The van der Waals surface area contributed by atoms with Gasteiger partial charge in [0.15, 0.2) is 0 Å². The highest BCUT2D eigenvalue weighted by molar-refractivity contribution is 5.94. The molecule has 0 aliphatic carbocycles. The molecule has 0 unspecified atom stereocenters. The van der Waals surface area contributed by atoms with E-state index >= 15 is 0 Å². The summed E-state index contributed by atoms with van der Waals surface area (Å²) < 4.78 is 0. The van der Waals surface area contributed by atoms with Gasteiger partial charge in [-0.1, -0.05) is 50.8 Å². The smallest absolute Gasteiger partial charge is 0.298 e. The van der Waals surface area contributed by atoms with Crippen LogP contribution >= 0.6 is 0 Å². The molecule has 0 spiro atoms.